The van der Waals surface area contributed by atoms with Crippen LogP contribution in [0.25, 0.3) is 0 Å². The molecule has 1 fully saturated rings. The van der Waals surface area contributed by atoms with Crippen LogP contribution < -0.4 is 5.32 Å². The summed E-state index contributed by atoms with van der Waals surface area (Å²) in [7, 11) is 0. The maximum absolute atomic E-state index is 14.3. The van der Waals surface area contributed by atoms with Gasteiger partial charge in [0.05, 0.1) is 5.56 Å². The lowest BCUT2D eigenvalue weighted by Gasteiger charge is -2.36. The van der Waals surface area contributed by atoms with E-state index in [9.17, 15) is 17.6 Å². The number of rotatable bonds is 5. The molecule has 1 aromatic carbocycles. The fourth-order valence-corrected chi connectivity index (χ4v) is 3.02. The Morgan fingerprint density at radius 3 is 2.43 bits per heavy atom. The molecule has 23 heavy (non-hydrogen) atoms. The van der Waals surface area contributed by atoms with Gasteiger partial charge in [-0.15, -0.1) is 12.4 Å². The van der Waals surface area contributed by atoms with Crippen LogP contribution in [-0.2, 0) is 6.18 Å². The van der Waals surface area contributed by atoms with E-state index in [0.717, 1.165) is 44.1 Å². The molecular formula is C16H23ClF4N2. The third-order valence-corrected chi connectivity index (χ3v) is 4.12. The van der Waals surface area contributed by atoms with Gasteiger partial charge in [-0.3, -0.25) is 4.90 Å². The van der Waals surface area contributed by atoms with E-state index in [1.807, 2.05) is 11.8 Å². The van der Waals surface area contributed by atoms with E-state index < -0.39 is 23.6 Å². The molecule has 0 bridgehead atoms. The van der Waals surface area contributed by atoms with E-state index in [1.165, 1.54) is 0 Å². The highest BCUT2D eigenvalue weighted by Gasteiger charge is 2.38. The summed E-state index contributed by atoms with van der Waals surface area (Å²) in [6.45, 7) is 4.71. The van der Waals surface area contributed by atoms with Crippen molar-refractivity contribution in [1.82, 2.24) is 10.2 Å². The van der Waals surface area contributed by atoms with Crippen molar-refractivity contribution in [2.75, 3.05) is 26.2 Å². The molecule has 1 aromatic rings. The smallest absolute Gasteiger partial charge is 0.314 e. The topological polar surface area (TPSA) is 15.3 Å². The zero-order chi connectivity index (χ0) is 16.2. The van der Waals surface area contributed by atoms with Gasteiger partial charge in [-0.05, 0) is 18.6 Å². The number of nitrogens with one attached hydrogen (secondary N) is 1. The molecule has 0 saturated carbocycles. The van der Waals surface area contributed by atoms with Gasteiger partial charge in [0.25, 0.3) is 0 Å². The van der Waals surface area contributed by atoms with Crippen molar-refractivity contribution in [3.05, 3.63) is 35.1 Å². The molecule has 1 N–H and O–H groups in total. The first kappa shape index (κ1) is 20.2. The minimum atomic E-state index is -4.53. The quantitative estimate of drug-likeness (QED) is 0.788. The number of benzene rings is 1. The third-order valence-electron chi connectivity index (χ3n) is 4.12. The molecule has 1 aliphatic rings. The molecule has 0 radical (unpaired) electrons. The number of hydrogen-bond donors (Lipinski definition) is 1. The normalized spacial score (nSPS) is 17.6. The molecule has 0 spiro atoms. The summed E-state index contributed by atoms with van der Waals surface area (Å²) in [6.07, 6.45) is -2.34. The van der Waals surface area contributed by atoms with Gasteiger partial charge in [0.1, 0.15) is 5.82 Å². The summed E-state index contributed by atoms with van der Waals surface area (Å²) in [5.41, 5.74) is -1.03. The summed E-state index contributed by atoms with van der Waals surface area (Å²) < 4.78 is 54.1. The van der Waals surface area contributed by atoms with Crippen molar-refractivity contribution in [2.24, 2.45) is 0 Å². The average Bonchev–Trinajstić information content (AvgIpc) is 2.49. The Hall–Kier alpha value is -0.850. The zero-order valence-corrected chi connectivity index (χ0v) is 13.9. The largest absolute Gasteiger partial charge is 0.416 e. The van der Waals surface area contributed by atoms with Gasteiger partial charge < -0.3 is 5.32 Å². The van der Waals surface area contributed by atoms with E-state index in [0.29, 0.717) is 19.5 Å². The van der Waals surface area contributed by atoms with Gasteiger partial charge in [-0.1, -0.05) is 25.8 Å². The van der Waals surface area contributed by atoms with E-state index >= 15 is 0 Å². The number of unbranched alkanes of at least 4 members (excludes halogenated alkanes) is 1. The van der Waals surface area contributed by atoms with Crippen LogP contribution in [0.4, 0.5) is 17.6 Å². The Balaban J connectivity index is 0.00000264. The van der Waals surface area contributed by atoms with Crippen molar-refractivity contribution in [1.29, 1.82) is 0 Å². The van der Waals surface area contributed by atoms with E-state index in [1.54, 1.807) is 0 Å². The number of halogens is 5. The Morgan fingerprint density at radius 2 is 1.87 bits per heavy atom. The molecule has 0 aliphatic carbocycles. The van der Waals surface area contributed by atoms with E-state index in [4.69, 9.17) is 0 Å². The molecule has 1 saturated heterocycles. The molecule has 1 atom stereocenters. The summed E-state index contributed by atoms with van der Waals surface area (Å²) in [4.78, 5) is 1.97. The molecule has 0 aromatic heterocycles. The Labute approximate surface area is 140 Å². The second kappa shape index (κ2) is 8.85. The predicted molar refractivity (Wildman–Crippen MR) is 85.4 cm³/mol. The SMILES string of the molecule is CCCC[C@@H](c1c(F)cccc1C(F)(F)F)N1CCNCC1.Cl. The second-order valence-corrected chi connectivity index (χ2v) is 5.64. The lowest BCUT2D eigenvalue weighted by molar-refractivity contribution is -0.139. The number of nitrogens with zero attached hydrogens (tertiary/aromatic N) is 1. The van der Waals surface area contributed by atoms with Gasteiger partial charge in [0, 0.05) is 37.8 Å². The van der Waals surface area contributed by atoms with Crippen LogP contribution >= 0.6 is 12.4 Å². The van der Waals surface area contributed by atoms with Crippen LogP contribution in [0.15, 0.2) is 18.2 Å². The molecule has 132 valence electrons. The highest BCUT2D eigenvalue weighted by atomic mass is 35.5. The first-order chi connectivity index (χ1) is 10.4. The molecule has 1 aliphatic heterocycles. The molecule has 2 rings (SSSR count). The highest BCUT2D eigenvalue weighted by Crippen LogP contribution is 2.39. The summed E-state index contributed by atoms with van der Waals surface area (Å²) in [5.74, 6) is -0.755. The maximum atomic E-state index is 14.3. The molecule has 0 amide bonds. The summed E-state index contributed by atoms with van der Waals surface area (Å²) in [5, 5.41) is 3.18. The van der Waals surface area contributed by atoms with E-state index in [-0.39, 0.29) is 18.0 Å². The van der Waals surface area contributed by atoms with Gasteiger partial charge in [0.15, 0.2) is 0 Å². The van der Waals surface area contributed by atoms with Crippen LogP contribution in [0.2, 0.25) is 0 Å². The first-order valence-electron chi connectivity index (χ1n) is 7.75. The Morgan fingerprint density at radius 1 is 1.22 bits per heavy atom. The second-order valence-electron chi connectivity index (χ2n) is 5.64. The molecule has 2 nitrogen and oxygen atoms in total. The zero-order valence-electron chi connectivity index (χ0n) is 13.1. The van der Waals surface area contributed by atoms with Gasteiger partial charge in [-0.2, -0.15) is 13.2 Å². The molecule has 7 heteroatoms. The maximum Gasteiger partial charge on any atom is 0.416 e. The third kappa shape index (κ3) is 5.06. The molecule has 0 unspecified atom stereocenters. The summed E-state index contributed by atoms with van der Waals surface area (Å²) in [6, 6.07) is 2.74. The highest BCUT2D eigenvalue weighted by molar-refractivity contribution is 5.85. The Bertz CT molecular complexity index is 487. The Kier molecular flexibility index (Phi) is 7.77. The van der Waals surface area contributed by atoms with Gasteiger partial charge in [-0.25, -0.2) is 4.39 Å². The van der Waals surface area contributed by atoms with Crippen molar-refractivity contribution in [3.8, 4) is 0 Å². The average molecular weight is 355 g/mol. The van der Waals surface area contributed by atoms with Crippen LogP contribution in [-0.4, -0.2) is 31.1 Å². The number of piperazine rings is 1. The van der Waals surface area contributed by atoms with Crippen molar-refractivity contribution >= 4 is 12.4 Å². The van der Waals surface area contributed by atoms with Crippen LogP contribution in [0.3, 0.4) is 0 Å². The van der Waals surface area contributed by atoms with Crippen molar-refractivity contribution in [2.45, 2.75) is 38.4 Å². The van der Waals surface area contributed by atoms with Gasteiger partial charge in [0.2, 0.25) is 0 Å². The monoisotopic (exact) mass is 354 g/mol. The molecular weight excluding hydrogens is 332 g/mol. The minimum Gasteiger partial charge on any atom is -0.314 e. The molecule has 1 heterocycles. The van der Waals surface area contributed by atoms with Crippen LogP contribution in [0.1, 0.15) is 43.4 Å². The lowest BCUT2D eigenvalue weighted by atomic mass is 9.93. The fraction of sp³-hybridized carbons (Fsp3) is 0.625. The van der Waals surface area contributed by atoms with Crippen molar-refractivity contribution < 1.29 is 17.6 Å². The lowest BCUT2D eigenvalue weighted by Crippen LogP contribution is -2.45. The van der Waals surface area contributed by atoms with E-state index in [2.05, 4.69) is 5.32 Å². The number of alkyl halides is 3. The number of hydrogen-bond acceptors (Lipinski definition) is 2. The predicted octanol–water partition coefficient (Wildman–Crippen LogP) is 4.40. The van der Waals surface area contributed by atoms with Gasteiger partial charge >= 0.3 is 6.18 Å². The van der Waals surface area contributed by atoms with Crippen molar-refractivity contribution in [3.63, 3.8) is 0 Å². The van der Waals surface area contributed by atoms with Crippen LogP contribution in [0, 0.1) is 5.82 Å². The summed E-state index contributed by atoms with van der Waals surface area (Å²) >= 11 is 0. The van der Waals surface area contributed by atoms with Crippen LogP contribution in [0.5, 0.6) is 0 Å². The first-order valence-corrected chi connectivity index (χ1v) is 7.75. The standard InChI is InChI=1S/C16H22F4N2.ClH/c1-2-3-7-14(22-10-8-21-9-11-22)15-12(16(18,19)20)5-4-6-13(15)17;/h4-6,14,21H,2-3,7-11H2,1H3;1H/t14-;/m0./s1. The minimum absolute atomic E-state index is 0. The fourth-order valence-electron chi connectivity index (χ4n) is 3.02.